The molecule has 0 aromatic carbocycles. The summed E-state index contributed by atoms with van der Waals surface area (Å²) in [5.74, 6) is 0.421. The third-order valence-corrected chi connectivity index (χ3v) is 14.3. The van der Waals surface area contributed by atoms with E-state index in [4.69, 9.17) is 135 Å². The van der Waals surface area contributed by atoms with Crippen LogP contribution in [-0.4, -0.2) is 385 Å². The van der Waals surface area contributed by atoms with E-state index in [1.165, 1.54) is 6.66 Å². The molecular weight excluding hydrogens is 1400 g/mol. The molecular formula is C66H131N2O30PS2. The largest absolute Gasteiger partial charge is 0.464 e. The van der Waals surface area contributed by atoms with E-state index in [0.29, 0.717) is 337 Å². The molecule has 0 aliphatic heterocycles. The van der Waals surface area contributed by atoms with Gasteiger partial charge in [-0.25, -0.2) is 0 Å². The molecule has 0 saturated carbocycles. The average molecular weight is 1530 g/mol. The Kier molecular flexibility index (Phi) is 85.9. The van der Waals surface area contributed by atoms with Gasteiger partial charge in [-0.3, -0.25) is 14.4 Å². The number of thioether (sulfide) groups is 1. The summed E-state index contributed by atoms with van der Waals surface area (Å²) in [7, 11) is 0. The van der Waals surface area contributed by atoms with Crippen LogP contribution in [0.2, 0.25) is 0 Å². The number of hydrogen-bond donors (Lipinski definition) is 3. The fourth-order valence-corrected chi connectivity index (χ4v) is 8.60. The normalized spacial score (nSPS) is 12.2. The van der Waals surface area contributed by atoms with Crippen LogP contribution in [0.15, 0.2) is 0 Å². The summed E-state index contributed by atoms with van der Waals surface area (Å²) < 4.78 is 143. The van der Waals surface area contributed by atoms with Crippen LogP contribution in [-0.2, 0) is 149 Å². The van der Waals surface area contributed by atoms with E-state index >= 15 is 0 Å². The van der Waals surface area contributed by atoms with E-state index in [9.17, 15) is 19.3 Å². The zero-order chi connectivity index (χ0) is 72.9. The van der Waals surface area contributed by atoms with Crippen molar-refractivity contribution in [1.82, 2.24) is 10.6 Å². The van der Waals surface area contributed by atoms with Crippen LogP contribution in [0, 0.1) is 0 Å². The number of ether oxygens (including phenoxy) is 25. The third kappa shape index (κ3) is 92.5. The number of rotatable bonds is 90. The first-order valence-electron chi connectivity index (χ1n) is 35.7. The van der Waals surface area contributed by atoms with E-state index in [1.54, 1.807) is 11.8 Å². The minimum absolute atomic E-state index is 0.0503. The molecule has 0 heterocycles. The molecule has 101 heavy (non-hydrogen) atoms. The van der Waals surface area contributed by atoms with Crippen molar-refractivity contribution in [2.45, 2.75) is 51.4 Å². The molecule has 3 N–H and O–H groups in total. The summed E-state index contributed by atoms with van der Waals surface area (Å²) in [5.41, 5.74) is 0. The molecule has 35 heteroatoms. The lowest BCUT2D eigenvalue weighted by atomic mass is 10.1. The van der Waals surface area contributed by atoms with Gasteiger partial charge >= 0.3 is 5.97 Å². The van der Waals surface area contributed by atoms with Gasteiger partial charge in [0, 0.05) is 38.2 Å². The molecule has 0 aromatic heterocycles. The van der Waals surface area contributed by atoms with Gasteiger partial charge in [0.05, 0.1) is 330 Å². The zero-order valence-electron chi connectivity index (χ0n) is 61.2. The molecule has 2 amide bonds. The highest BCUT2D eigenvalue weighted by Crippen LogP contribution is 2.37. The van der Waals surface area contributed by atoms with Gasteiger partial charge in [-0.1, -0.05) is 19.3 Å². The van der Waals surface area contributed by atoms with Gasteiger partial charge in [0.25, 0.3) is 0 Å². The highest BCUT2D eigenvalue weighted by atomic mass is 32.5. The van der Waals surface area contributed by atoms with E-state index in [0.717, 1.165) is 37.9 Å². The van der Waals surface area contributed by atoms with Crippen LogP contribution in [0.4, 0.5) is 0 Å². The maximum Gasteiger partial charge on any atom is 0.305 e. The molecule has 0 aliphatic rings. The first kappa shape index (κ1) is 99.4. The van der Waals surface area contributed by atoms with Crippen LogP contribution in [0.5, 0.6) is 0 Å². The summed E-state index contributed by atoms with van der Waals surface area (Å²) in [6.45, 7) is 22.5. The lowest BCUT2D eigenvalue weighted by Gasteiger charge is -2.09. The molecule has 32 nitrogen and oxygen atoms in total. The highest BCUT2D eigenvalue weighted by Gasteiger charge is 2.08. The second-order valence-corrected chi connectivity index (χ2v) is 26.1. The monoisotopic (exact) mass is 1530 g/mol. The fourth-order valence-electron chi connectivity index (χ4n) is 7.52. The minimum Gasteiger partial charge on any atom is -0.464 e. The molecule has 1 unspecified atom stereocenters. The molecule has 0 aliphatic carbocycles. The van der Waals surface area contributed by atoms with Crippen molar-refractivity contribution in [3.8, 4) is 0 Å². The SMILES string of the molecule is CSCCC(=O)NCCOCCOCCOCCOCCOCCOCCOCCOCCOCCOCCOCCOCCOCCOCCOCCOCCOCCOCCOCCOCCOCCOCCOCCOCCC(=O)NCCOC(=O)CCCCCCCOP(C)(O)=S. The number of amides is 2. The Bertz CT molecular complexity index is 1720. The lowest BCUT2D eigenvalue weighted by molar-refractivity contribution is -0.144. The van der Waals surface area contributed by atoms with Crippen molar-refractivity contribution in [2.75, 3.05) is 362 Å². The topological polar surface area (TPSA) is 335 Å². The summed E-state index contributed by atoms with van der Waals surface area (Å²) in [4.78, 5) is 44.8. The Hall–Kier alpha value is -1.63. The van der Waals surface area contributed by atoms with Gasteiger partial charge in [0.1, 0.15) is 6.61 Å². The number of carbonyl (C=O) groups is 3. The Balaban J connectivity index is 3.14. The molecule has 602 valence electrons. The van der Waals surface area contributed by atoms with Gasteiger partial charge in [0.2, 0.25) is 11.8 Å². The first-order valence-corrected chi connectivity index (χ1v) is 40.2. The lowest BCUT2D eigenvalue weighted by Crippen LogP contribution is -2.28. The van der Waals surface area contributed by atoms with Crippen molar-refractivity contribution in [2.24, 2.45) is 0 Å². The minimum atomic E-state index is -2.58. The molecule has 0 bridgehead atoms. The van der Waals surface area contributed by atoms with Gasteiger partial charge in [-0.15, -0.1) is 0 Å². The molecule has 0 aromatic rings. The third-order valence-electron chi connectivity index (χ3n) is 12.7. The Morgan fingerprint density at radius 1 is 0.277 bits per heavy atom. The van der Waals surface area contributed by atoms with Crippen LogP contribution >= 0.6 is 18.3 Å². The van der Waals surface area contributed by atoms with Gasteiger partial charge in [0.15, 0.2) is 6.49 Å². The summed E-state index contributed by atoms with van der Waals surface area (Å²) >= 11 is 6.48. The second kappa shape index (κ2) is 87.3. The quantitative estimate of drug-likeness (QED) is 0.0447. The van der Waals surface area contributed by atoms with Crippen LogP contribution in [0.25, 0.3) is 0 Å². The molecule has 0 fully saturated rings. The van der Waals surface area contributed by atoms with Gasteiger partial charge in [-0.05, 0) is 30.9 Å². The van der Waals surface area contributed by atoms with E-state index in [1.807, 2.05) is 6.26 Å². The van der Waals surface area contributed by atoms with Crippen molar-refractivity contribution < 1.29 is 142 Å². The Morgan fingerprint density at radius 3 is 0.733 bits per heavy atom. The van der Waals surface area contributed by atoms with E-state index < -0.39 is 6.49 Å². The molecule has 0 radical (unpaired) electrons. The smallest absolute Gasteiger partial charge is 0.305 e. The van der Waals surface area contributed by atoms with Crippen molar-refractivity contribution in [3.63, 3.8) is 0 Å². The average Bonchev–Trinajstić information content (AvgIpc) is 3.11. The van der Waals surface area contributed by atoms with Crippen molar-refractivity contribution >= 4 is 47.8 Å². The molecule has 1 atom stereocenters. The number of hydrogen-bond acceptors (Lipinski definition) is 31. The zero-order valence-corrected chi connectivity index (χ0v) is 63.7. The summed E-state index contributed by atoms with van der Waals surface area (Å²) in [5, 5.41) is 5.53. The predicted molar refractivity (Wildman–Crippen MR) is 380 cm³/mol. The summed E-state index contributed by atoms with van der Waals surface area (Å²) in [6, 6.07) is 0. The molecule has 0 rings (SSSR count). The first-order chi connectivity index (χ1) is 49.7. The standard InChI is InChI=1S/C66H131N2O30PS2/c1-99(72,100)98-13-7-5-3-4-6-8-66(71)97-16-12-68-64(69)9-14-73-17-19-75-21-23-77-25-27-79-29-31-81-33-35-83-37-39-85-41-43-87-45-47-89-49-51-91-53-55-93-57-59-95-61-62-96-60-58-94-56-54-92-52-50-90-48-46-88-44-42-86-40-38-84-36-34-82-32-30-80-28-26-78-24-22-76-20-18-74-15-11-67-65(70)10-63-101-2/h3-63H2,1-2H3,(H,67,70)(H,68,69)(H,72,100). The second-order valence-electron chi connectivity index (χ2n) is 21.3. The fraction of sp³-hybridized carbons (Fsp3) is 0.955. The van der Waals surface area contributed by atoms with Crippen molar-refractivity contribution in [3.05, 3.63) is 0 Å². The number of carbonyl (C=O) groups excluding carboxylic acids is 3. The Labute approximate surface area is 611 Å². The van der Waals surface area contributed by atoms with Crippen LogP contribution < -0.4 is 10.6 Å². The Morgan fingerprint density at radius 2 is 0.485 bits per heavy atom. The molecule has 0 saturated heterocycles. The van der Waals surface area contributed by atoms with Gasteiger partial charge < -0.3 is 138 Å². The van der Waals surface area contributed by atoms with Gasteiger partial charge in [-0.2, -0.15) is 11.8 Å². The van der Waals surface area contributed by atoms with Crippen LogP contribution in [0.1, 0.15) is 51.4 Å². The van der Waals surface area contributed by atoms with Crippen LogP contribution in [0.3, 0.4) is 0 Å². The van der Waals surface area contributed by atoms with E-state index in [-0.39, 0.29) is 44.0 Å². The highest BCUT2D eigenvalue weighted by molar-refractivity contribution is 8.09. The maximum atomic E-state index is 12.0. The predicted octanol–water partition coefficient (Wildman–Crippen LogP) is 2.59. The number of esters is 1. The van der Waals surface area contributed by atoms with Crippen molar-refractivity contribution in [1.29, 1.82) is 0 Å². The van der Waals surface area contributed by atoms with E-state index in [2.05, 4.69) is 10.6 Å². The molecule has 0 spiro atoms. The summed E-state index contributed by atoms with van der Waals surface area (Å²) in [6.07, 6.45) is 7.45. The maximum absolute atomic E-state index is 12.0. The number of unbranched alkanes of at least 4 members (excludes halogenated alkanes) is 4. The number of nitrogens with one attached hydrogen (secondary N) is 2.